The third-order valence-electron chi connectivity index (χ3n) is 4.25. The molecule has 1 aromatic rings. The Bertz CT molecular complexity index is 583. The van der Waals surface area contributed by atoms with E-state index in [0.717, 1.165) is 24.8 Å². The zero-order valence-electron chi connectivity index (χ0n) is 12.3. The van der Waals surface area contributed by atoms with Gasteiger partial charge >= 0.3 is 0 Å². The molecule has 0 radical (unpaired) electrons. The number of hydrogen-bond donors (Lipinski definition) is 1. The molecule has 4 nitrogen and oxygen atoms in total. The molecule has 2 rings (SSSR count). The van der Waals surface area contributed by atoms with Crippen molar-refractivity contribution in [2.45, 2.75) is 51.0 Å². The van der Waals surface area contributed by atoms with Gasteiger partial charge in [0.25, 0.3) is 0 Å². The molecule has 1 aliphatic carbocycles. The van der Waals surface area contributed by atoms with E-state index in [-0.39, 0.29) is 11.0 Å². The largest absolute Gasteiger partial charge is 0.489 e. The summed E-state index contributed by atoms with van der Waals surface area (Å²) in [6, 6.07) is 5.12. The van der Waals surface area contributed by atoms with Gasteiger partial charge in [-0.2, -0.15) is 0 Å². The van der Waals surface area contributed by atoms with Crippen molar-refractivity contribution < 1.29 is 13.2 Å². The highest BCUT2D eigenvalue weighted by Gasteiger charge is 2.27. The fraction of sp³-hybridized carbons (Fsp3) is 0.600. The second-order valence-electron chi connectivity index (χ2n) is 6.00. The van der Waals surface area contributed by atoms with Gasteiger partial charge < -0.3 is 4.74 Å². The number of aryl methyl sites for hydroxylation is 1. The molecule has 0 spiro atoms. The third-order valence-corrected chi connectivity index (χ3v) is 5.18. The van der Waals surface area contributed by atoms with Crippen molar-refractivity contribution in [3.05, 3.63) is 23.8 Å². The molecule has 0 amide bonds. The van der Waals surface area contributed by atoms with Gasteiger partial charge in [-0.1, -0.05) is 19.9 Å². The molecule has 0 bridgehead atoms. The monoisotopic (exact) mass is 297 g/mol. The van der Waals surface area contributed by atoms with Crippen LogP contribution in [0.4, 0.5) is 0 Å². The molecule has 112 valence electrons. The molecule has 1 saturated carbocycles. The van der Waals surface area contributed by atoms with E-state index < -0.39 is 10.0 Å². The molecule has 1 aromatic carbocycles. The molecule has 0 aromatic heterocycles. The van der Waals surface area contributed by atoms with E-state index >= 15 is 0 Å². The summed E-state index contributed by atoms with van der Waals surface area (Å²) in [4.78, 5) is 0.0868. The molecule has 1 aliphatic rings. The molecular formula is C15H23NO3S. The summed E-state index contributed by atoms with van der Waals surface area (Å²) in [7, 11) is -3.76. The van der Waals surface area contributed by atoms with Crippen LogP contribution < -0.4 is 9.88 Å². The molecule has 0 saturated heterocycles. The van der Waals surface area contributed by atoms with Gasteiger partial charge in [0.15, 0.2) is 0 Å². The number of nitrogens with two attached hydrogens (primary N) is 1. The van der Waals surface area contributed by atoms with Gasteiger partial charge in [0.2, 0.25) is 10.0 Å². The fourth-order valence-electron chi connectivity index (χ4n) is 2.72. The van der Waals surface area contributed by atoms with Gasteiger partial charge in [0.05, 0.1) is 6.10 Å². The van der Waals surface area contributed by atoms with E-state index in [9.17, 15) is 8.42 Å². The van der Waals surface area contributed by atoms with Crippen molar-refractivity contribution in [2.75, 3.05) is 0 Å². The lowest BCUT2D eigenvalue weighted by atomic mass is 9.80. The summed E-state index contributed by atoms with van der Waals surface area (Å²) < 4.78 is 29.3. The average Bonchev–Trinajstić information content (AvgIpc) is 2.35. The van der Waals surface area contributed by atoms with Crippen LogP contribution in [0, 0.1) is 18.8 Å². The van der Waals surface area contributed by atoms with E-state index in [1.807, 2.05) is 13.0 Å². The molecule has 3 atom stereocenters. The lowest BCUT2D eigenvalue weighted by Gasteiger charge is -2.32. The Morgan fingerprint density at radius 1 is 1.20 bits per heavy atom. The summed E-state index contributed by atoms with van der Waals surface area (Å²) in [5, 5.41) is 5.27. The van der Waals surface area contributed by atoms with Gasteiger partial charge in [0, 0.05) is 0 Å². The summed E-state index contributed by atoms with van der Waals surface area (Å²) in [5.41, 5.74) is 0.854. The lowest BCUT2D eigenvalue weighted by Crippen LogP contribution is -2.29. The first kappa shape index (κ1) is 15.3. The fourth-order valence-corrected chi connectivity index (χ4v) is 3.47. The second kappa shape index (κ2) is 5.74. The summed E-state index contributed by atoms with van der Waals surface area (Å²) >= 11 is 0. The lowest BCUT2D eigenvalue weighted by molar-refractivity contribution is 0.0979. The number of benzene rings is 1. The highest BCUT2D eigenvalue weighted by atomic mass is 32.2. The zero-order chi connectivity index (χ0) is 14.9. The van der Waals surface area contributed by atoms with Crippen LogP contribution in [-0.2, 0) is 10.0 Å². The standard InChI is InChI=1S/C15H23NO3S/c1-10-4-7-14(15(8-10)20(16,17)18)19-13-6-5-11(2)12(3)9-13/h4,7-8,11-13H,5-6,9H2,1-3H3,(H2,16,17,18). The van der Waals surface area contributed by atoms with Gasteiger partial charge in [-0.25, -0.2) is 13.6 Å². The molecule has 3 unspecified atom stereocenters. The van der Waals surface area contributed by atoms with Gasteiger partial charge in [-0.3, -0.25) is 0 Å². The minimum Gasteiger partial charge on any atom is -0.489 e. The van der Waals surface area contributed by atoms with E-state index in [4.69, 9.17) is 9.88 Å². The van der Waals surface area contributed by atoms with Crippen molar-refractivity contribution in [1.29, 1.82) is 0 Å². The van der Waals surface area contributed by atoms with Crippen LogP contribution in [0.2, 0.25) is 0 Å². The molecule has 20 heavy (non-hydrogen) atoms. The zero-order valence-corrected chi connectivity index (χ0v) is 13.1. The maximum absolute atomic E-state index is 11.7. The summed E-state index contributed by atoms with van der Waals surface area (Å²) in [6.07, 6.45) is 3.11. The smallest absolute Gasteiger partial charge is 0.241 e. The first-order valence-electron chi connectivity index (χ1n) is 7.07. The Morgan fingerprint density at radius 2 is 1.90 bits per heavy atom. The Hall–Kier alpha value is -1.07. The maximum Gasteiger partial charge on any atom is 0.241 e. The number of hydrogen-bond acceptors (Lipinski definition) is 3. The number of rotatable bonds is 3. The minimum absolute atomic E-state index is 0.0735. The van der Waals surface area contributed by atoms with Gasteiger partial charge in [0.1, 0.15) is 10.6 Å². The van der Waals surface area contributed by atoms with Crippen LogP contribution in [0.3, 0.4) is 0 Å². The van der Waals surface area contributed by atoms with E-state index in [2.05, 4.69) is 13.8 Å². The SMILES string of the molecule is Cc1ccc(OC2CCC(C)C(C)C2)c(S(N)(=O)=O)c1. The molecule has 0 aliphatic heterocycles. The molecule has 1 fully saturated rings. The van der Waals surface area contributed by atoms with Crippen molar-refractivity contribution in [3.63, 3.8) is 0 Å². The van der Waals surface area contributed by atoms with Gasteiger partial charge in [-0.05, 0) is 55.7 Å². The molecular weight excluding hydrogens is 274 g/mol. The van der Waals surface area contributed by atoms with Crippen molar-refractivity contribution >= 4 is 10.0 Å². The highest BCUT2D eigenvalue weighted by molar-refractivity contribution is 7.89. The number of sulfonamides is 1. The van der Waals surface area contributed by atoms with Crippen molar-refractivity contribution in [2.24, 2.45) is 17.0 Å². The predicted octanol–water partition coefficient (Wildman–Crippen LogP) is 2.85. The maximum atomic E-state index is 11.7. The van der Waals surface area contributed by atoms with Crippen molar-refractivity contribution in [1.82, 2.24) is 0 Å². The summed E-state index contributed by atoms with van der Waals surface area (Å²) in [6.45, 7) is 6.31. The van der Waals surface area contributed by atoms with Crippen LogP contribution in [-0.4, -0.2) is 14.5 Å². The number of ether oxygens (including phenoxy) is 1. The topological polar surface area (TPSA) is 69.4 Å². The quantitative estimate of drug-likeness (QED) is 0.932. The Morgan fingerprint density at radius 3 is 2.50 bits per heavy atom. The Kier molecular flexibility index (Phi) is 4.39. The Labute approximate surface area is 121 Å². The summed E-state index contributed by atoms with van der Waals surface area (Å²) in [5.74, 6) is 1.67. The second-order valence-corrected chi connectivity index (χ2v) is 7.53. The highest BCUT2D eigenvalue weighted by Crippen LogP contribution is 2.33. The number of primary sulfonamides is 1. The third kappa shape index (κ3) is 3.52. The first-order valence-corrected chi connectivity index (χ1v) is 8.62. The van der Waals surface area contributed by atoms with E-state index in [1.165, 1.54) is 0 Å². The van der Waals surface area contributed by atoms with Crippen LogP contribution in [0.15, 0.2) is 23.1 Å². The minimum atomic E-state index is -3.76. The van der Waals surface area contributed by atoms with E-state index in [1.54, 1.807) is 12.1 Å². The van der Waals surface area contributed by atoms with Crippen LogP contribution in [0.25, 0.3) is 0 Å². The van der Waals surface area contributed by atoms with Crippen LogP contribution >= 0.6 is 0 Å². The average molecular weight is 297 g/mol. The molecule has 0 heterocycles. The Balaban J connectivity index is 2.22. The first-order chi connectivity index (χ1) is 9.27. The molecule has 2 N–H and O–H groups in total. The normalized spacial score (nSPS) is 27.3. The van der Waals surface area contributed by atoms with Crippen LogP contribution in [0.1, 0.15) is 38.7 Å². The van der Waals surface area contributed by atoms with E-state index in [0.29, 0.717) is 17.6 Å². The van der Waals surface area contributed by atoms with Gasteiger partial charge in [-0.15, -0.1) is 0 Å². The van der Waals surface area contributed by atoms with Crippen molar-refractivity contribution in [3.8, 4) is 5.75 Å². The molecule has 5 heteroatoms. The predicted molar refractivity (Wildman–Crippen MR) is 79.1 cm³/mol. The van der Waals surface area contributed by atoms with Crippen LogP contribution in [0.5, 0.6) is 5.75 Å².